The van der Waals surface area contributed by atoms with E-state index in [4.69, 9.17) is 22.7 Å². The van der Waals surface area contributed by atoms with Crippen LogP contribution in [0.2, 0.25) is 0 Å². The van der Waals surface area contributed by atoms with E-state index in [0.717, 1.165) is 35.8 Å². The fourth-order valence-corrected chi connectivity index (χ4v) is 2.88. The van der Waals surface area contributed by atoms with Crippen LogP contribution in [0.1, 0.15) is 19.4 Å². The lowest BCUT2D eigenvalue weighted by Crippen LogP contribution is -2.29. The summed E-state index contributed by atoms with van der Waals surface area (Å²) in [5.41, 5.74) is 7.97. The minimum atomic E-state index is 0.454. The molecule has 2 N–H and O–H groups in total. The second-order valence-electron chi connectivity index (χ2n) is 4.00. The van der Waals surface area contributed by atoms with Gasteiger partial charge in [-0.2, -0.15) is 0 Å². The van der Waals surface area contributed by atoms with Crippen molar-refractivity contribution in [1.82, 2.24) is 0 Å². The smallest absolute Gasteiger partial charge is 0.107 e. The highest BCUT2D eigenvalue weighted by atomic mass is 32.2. The molecule has 1 rings (SSSR count). The molecule has 106 valence electrons. The summed E-state index contributed by atoms with van der Waals surface area (Å²) in [6.45, 7) is 7.33. The van der Waals surface area contributed by atoms with Crippen LogP contribution < -0.4 is 10.6 Å². The maximum Gasteiger partial charge on any atom is 0.107 e. The van der Waals surface area contributed by atoms with E-state index in [1.54, 1.807) is 11.8 Å². The van der Waals surface area contributed by atoms with E-state index >= 15 is 0 Å². The van der Waals surface area contributed by atoms with E-state index in [9.17, 15) is 0 Å². The number of likely N-dealkylation sites (N-methyl/N-ethyl adjacent to an activating group) is 1. The Labute approximate surface area is 125 Å². The molecule has 0 bridgehead atoms. The standard InChI is InChI=1S/C14H22N2OS2/c1-4-16(9-10-17-5-2)11-7-6-8-12(19-3)13(11)14(15)18/h6-8H,4-5,9-10H2,1-3H3,(H2,15,18). The van der Waals surface area contributed by atoms with Crippen LogP contribution in [0, 0.1) is 0 Å². The van der Waals surface area contributed by atoms with Crippen molar-refractivity contribution in [2.45, 2.75) is 18.7 Å². The van der Waals surface area contributed by atoms with Crippen LogP contribution in [0.25, 0.3) is 0 Å². The molecule has 0 aliphatic heterocycles. The number of benzene rings is 1. The van der Waals surface area contributed by atoms with Gasteiger partial charge in [0.2, 0.25) is 0 Å². The van der Waals surface area contributed by atoms with Crippen molar-refractivity contribution in [3.8, 4) is 0 Å². The molecule has 3 nitrogen and oxygen atoms in total. The number of thioether (sulfide) groups is 1. The number of hydrogen-bond acceptors (Lipinski definition) is 4. The summed E-state index contributed by atoms with van der Waals surface area (Å²) < 4.78 is 5.43. The van der Waals surface area contributed by atoms with Crippen molar-refractivity contribution >= 4 is 34.7 Å². The Morgan fingerprint density at radius 2 is 2.16 bits per heavy atom. The maximum atomic E-state index is 5.90. The van der Waals surface area contributed by atoms with Crippen LogP contribution in [0.3, 0.4) is 0 Å². The van der Waals surface area contributed by atoms with Gasteiger partial charge in [-0.25, -0.2) is 0 Å². The Kier molecular flexibility index (Phi) is 7.20. The minimum absolute atomic E-state index is 0.454. The molecule has 19 heavy (non-hydrogen) atoms. The van der Waals surface area contributed by atoms with Crippen molar-refractivity contribution in [2.75, 3.05) is 37.5 Å². The van der Waals surface area contributed by atoms with Gasteiger partial charge in [-0.3, -0.25) is 0 Å². The summed E-state index contributed by atoms with van der Waals surface area (Å²) in [5, 5.41) is 0. The van der Waals surface area contributed by atoms with Crippen molar-refractivity contribution in [3.63, 3.8) is 0 Å². The van der Waals surface area contributed by atoms with Gasteiger partial charge in [-0.1, -0.05) is 18.3 Å². The molecule has 0 spiro atoms. The molecular weight excluding hydrogens is 276 g/mol. The van der Waals surface area contributed by atoms with Gasteiger partial charge in [0.25, 0.3) is 0 Å². The van der Waals surface area contributed by atoms with Gasteiger partial charge in [-0.15, -0.1) is 11.8 Å². The molecule has 0 unspecified atom stereocenters. The number of nitrogens with zero attached hydrogens (tertiary/aromatic N) is 1. The Balaban J connectivity index is 3.05. The molecule has 0 aromatic heterocycles. The Hall–Kier alpha value is -0.780. The second kappa shape index (κ2) is 8.40. The van der Waals surface area contributed by atoms with Gasteiger partial charge >= 0.3 is 0 Å². The first-order valence-electron chi connectivity index (χ1n) is 6.45. The van der Waals surface area contributed by atoms with Crippen LogP contribution in [0.4, 0.5) is 5.69 Å². The van der Waals surface area contributed by atoms with E-state index in [1.165, 1.54) is 0 Å². The molecule has 0 atom stereocenters. The van der Waals surface area contributed by atoms with E-state index < -0.39 is 0 Å². The topological polar surface area (TPSA) is 38.5 Å². The van der Waals surface area contributed by atoms with Crippen LogP contribution in [-0.4, -0.2) is 37.5 Å². The molecule has 0 saturated heterocycles. The summed E-state index contributed by atoms with van der Waals surface area (Å²) in [6, 6.07) is 6.18. The summed E-state index contributed by atoms with van der Waals surface area (Å²) in [6.07, 6.45) is 2.04. The molecular formula is C14H22N2OS2. The van der Waals surface area contributed by atoms with E-state index in [2.05, 4.69) is 24.0 Å². The first-order chi connectivity index (χ1) is 9.15. The predicted octanol–water partition coefficient (Wildman–Crippen LogP) is 2.91. The molecule has 1 aromatic rings. The number of ether oxygens (including phenoxy) is 1. The van der Waals surface area contributed by atoms with Gasteiger partial charge < -0.3 is 15.4 Å². The van der Waals surface area contributed by atoms with Gasteiger partial charge in [0.15, 0.2) is 0 Å². The summed E-state index contributed by atoms with van der Waals surface area (Å²) in [7, 11) is 0. The number of anilines is 1. The van der Waals surface area contributed by atoms with E-state index in [1.807, 2.05) is 19.2 Å². The fraction of sp³-hybridized carbons (Fsp3) is 0.500. The van der Waals surface area contributed by atoms with E-state index in [-0.39, 0.29) is 0 Å². The highest BCUT2D eigenvalue weighted by molar-refractivity contribution is 7.98. The largest absolute Gasteiger partial charge is 0.389 e. The lowest BCUT2D eigenvalue weighted by molar-refractivity contribution is 0.154. The molecule has 5 heteroatoms. The lowest BCUT2D eigenvalue weighted by atomic mass is 10.1. The van der Waals surface area contributed by atoms with Crippen molar-refractivity contribution in [2.24, 2.45) is 5.73 Å². The summed E-state index contributed by atoms with van der Waals surface area (Å²) in [4.78, 5) is 3.83. The quantitative estimate of drug-likeness (QED) is 0.454. The Bertz CT molecular complexity index is 424. The monoisotopic (exact) mass is 298 g/mol. The predicted molar refractivity (Wildman–Crippen MR) is 88.5 cm³/mol. The average Bonchev–Trinajstić information content (AvgIpc) is 2.42. The van der Waals surface area contributed by atoms with Crippen LogP contribution in [-0.2, 0) is 4.74 Å². The zero-order valence-corrected chi connectivity index (χ0v) is 13.4. The number of nitrogens with two attached hydrogens (primary N) is 1. The zero-order valence-electron chi connectivity index (χ0n) is 11.8. The number of thiocarbonyl (C=S) groups is 1. The summed E-state index contributed by atoms with van der Waals surface area (Å²) in [5.74, 6) is 0. The molecule has 0 radical (unpaired) electrons. The molecule has 0 heterocycles. The van der Waals surface area contributed by atoms with Crippen molar-refractivity contribution in [1.29, 1.82) is 0 Å². The van der Waals surface area contributed by atoms with Crippen molar-refractivity contribution in [3.05, 3.63) is 23.8 Å². The van der Waals surface area contributed by atoms with Gasteiger partial charge in [0.1, 0.15) is 4.99 Å². The van der Waals surface area contributed by atoms with Crippen LogP contribution in [0.15, 0.2) is 23.1 Å². The number of hydrogen-bond donors (Lipinski definition) is 1. The first kappa shape index (κ1) is 16.3. The molecule has 1 aromatic carbocycles. The molecule has 0 saturated carbocycles. The average molecular weight is 298 g/mol. The third kappa shape index (κ3) is 4.37. The van der Waals surface area contributed by atoms with Gasteiger partial charge in [0, 0.05) is 35.8 Å². The third-order valence-electron chi connectivity index (χ3n) is 2.90. The third-order valence-corrected chi connectivity index (χ3v) is 3.89. The molecule has 0 fully saturated rings. The lowest BCUT2D eigenvalue weighted by Gasteiger charge is -2.26. The molecule has 0 aliphatic carbocycles. The first-order valence-corrected chi connectivity index (χ1v) is 8.08. The van der Waals surface area contributed by atoms with Gasteiger partial charge in [0.05, 0.1) is 6.61 Å². The Morgan fingerprint density at radius 1 is 1.42 bits per heavy atom. The summed E-state index contributed by atoms with van der Waals surface area (Å²) >= 11 is 6.88. The second-order valence-corrected chi connectivity index (χ2v) is 5.28. The highest BCUT2D eigenvalue weighted by Gasteiger charge is 2.15. The van der Waals surface area contributed by atoms with Gasteiger partial charge in [-0.05, 0) is 32.2 Å². The number of rotatable bonds is 8. The molecule has 0 aliphatic rings. The SMILES string of the molecule is CCOCCN(CC)c1cccc(SC)c1C(N)=S. The van der Waals surface area contributed by atoms with Crippen LogP contribution in [0.5, 0.6) is 0 Å². The highest BCUT2D eigenvalue weighted by Crippen LogP contribution is 2.29. The van der Waals surface area contributed by atoms with Crippen LogP contribution >= 0.6 is 24.0 Å². The zero-order chi connectivity index (χ0) is 14.3. The van der Waals surface area contributed by atoms with Crippen molar-refractivity contribution < 1.29 is 4.74 Å². The minimum Gasteiger partial charge on any atom is -0.389 e. The fourth-order valence-electron chi connectivity index (χ4n) is 1.97. The normalized spacial score (nSPS) is 10.5. The maximum absolute atomic E-state index is 5.90. The Morgan fingerprint density at radius 3 is 2.68 bits per heavy atom. The van der Waals surface area contributed by atoms with E-state index in [0.29, 0.717) is 11.6 Å². The molecule has 0 amide bonds.